The highest BCUT2D eigenvalue weighted by Gasteiger charge is 2.05. The predicted molar refractivity (Wildman–Crippen MR) is 91.8 cm³/mol. The van der Waals surface area contributed by atoms with Crippen LogP contribution in [0.4, 0.5) is 0 Å². The molecule has 1 rings (SSSR count). The van der Waals surface area contributed by atoms with Crippen molar-refractivity contribution < 1.29 is 23.8 Å². The van der Waals surface area contributed by atoms with E-state index in [2.05, 4.69) is 11.7 Å². The average molecular weight is 335 g/mol. The second kappa shape index (κ2) is 13.4. The molecule has 0 heterocycles. The van der Waals surface area contributed by atoms with Crippen LogP contribution >= 0.6 is 0 Å². The standard InChI is InChI=1S/C19H27O5/c1-2-3-4-5-6-7-8-9-14-23-17-10-12-18(13-11-17)24-19(21)15-22-16-20/h10-13H,2-9,14-15H2,1H3. The molecule has 1 aromatic carbocycles. The summed E-state index contributed by atoms with van der Waals surface area (Å²) in [4.78, 5) is 21.1. The highest BCUT2D eigenvalue weighted by Crippen LogP contribution is 2.18. The molecule has 133 valence electrons. The quantitative estimate of drug-likeness (QED) is 0.290. The number of hydrogen-bond acceptors (Lipinski definition) is 5. The maximum atomic E-state index is 11.3. The van der Waals surface area contributed by atoms with Gasteiger partial charge >= 0.3 is 12.4 Å². The number of benzene rings is 1. The van der Waals surface area contributed by atoms with Crippen LogP contribution in [0, 0.1) is 0 Å². The highest BCUT2D eigenvalue weighted by molar-refractivity contribution is 5.74. The van der Waals surface area contributed by atoms with E-state index in [1.807, 2.05) is 0 Å². The molecule has 0 amide bonds. The molecule has 1 aromatic rings. The number of ether oxygens (including phenoxy) is 3. The number of esters is 1. The molecule has 0 aliphatic heterocycles. The van der Waals surface area contributed by atoms with Gasteiger partial charge in [0, 0.05) is 0 Å². The lowest BCUT2D eigenvalue weighted by Gasteiger charge is -2.07. The highest BCUT2D eigenvalue weighted by atomic mass is 16.6. The Balaban J connectivity index is 2.09. The summed E-state index contributed by atoms with van der Waals surface area (Å²) in [6.45, 7) is 3.65. The van der Waals surface area contributed by atoms with Crippen molar-refractivity contribution in [1.29, 1.82) is 0 Å². The van der Waals surface area contributed by atoms with E-state index < -0.39 is 12.6 Å². The molecule has 0 spiro atoms. The van der Waals surface area contributed by atoms with Gasteiger partial charge in [0.1, 0.15) is 11.5 Å². The Morgan fingerprint density at radius 1 is 0.917 bits per heavy atom. The third-order valence-corrected chi connectivity index (χ3v) is 3.57. The minimum atomic E-state index is -0.647. The molecule has 5 heteroatoms. The third kappa shape index (κ3) is 9.87. The van der Waals surface area contributed by atoms with Gasteiger partial charge in [-0.3, -0.25) is 0 Å². The molecular weight excluding hydrogens is 308 g/mol. The zero-order valence-corrected chi connectivity index (χ0v) is 14.4. The summed E-state index contributed by atoms with van der Waals surface area (Å²) >= 11 is 0. The van der Waals surface area contributed by atoms with Crippen LogP contribution in [0.3, 0.4) is 0 Å². The fraction of sp³-hybridized carbons (Fsp3) is 0.579. The van der Waals surface area contributed by atoms with Crippen molar-refractivity contribution in [3.05, 3.63) is 24.3 Å². The van der Waals surface area contributed by atoms with Crippen LogP contribution in [0.25, 0.3) is 0 Å². The van der Waals surface area contributed by atoms with Crippen LogP contribution in [0.2, 0.25) is 0 Å². The fourth-order valence-electron chi connectivity index (χ4n) is 2.28. The molecule has 5 nitrogen and oxygen atoms in total. The molecule has 0 aliphatic carbocycles. The molecular formula is C19H27O5. The largest absolute Gasteiger partial charge is 0.494 e. The van der Waals surface area contributed by atoms with Gasteiger partial charge in [-0.2, -0.15) is 0 Å². The molecule has 0 saturated heterocycles. The normalized spacial score (nSPS) is 10.2. The van der Waals surface area contributed by atoms with Crippen LogP contribution in [-0.2, 0) is 14.3 Å². The van der Waals surface area contributed by atoms with Gasteiger partial charge in [0.2, 0.25) is 0 Å². The minimum Gasteiger partial charge on any atom is -0.494 e. The number of carbonyl (C=O) groups is 1. The van der Waals surface area contributed by atoms with Crippen LogP contribution < -0.4 is 9.47 Å². The average Bonchev–Trinajstić information content (AvgIpc) is 2.60. The minimum absolute atomic E-state index is 0.383. The first-order valence-electron chi connectivity index (χ1n) is 8.68. The molecule has 0 aliphatic rings. The third-order valence-electron chi connectivity index (χ3n) is 3.57. The van der Waals surface area contributed by atoms with E-state index in [-0.39, 0.29) is 0 Å². The molecule has 0 N–H and O–H groups in total. The smallest absolute Gasteiger partial charge is 0.418 e. The van der Waals surface area contributed by atoms with Crippen molar-refractivity contribution in [2.45, 2.75) is 58.3 Å². The van der Waals surface area contributed by atoms with Crippen molar-refractivity contribution in [2.24, 2.45) is 0 Å². The van der Waals surface area contributed by atoms with Gasteiger partial charge in [0.15, 0.2) is 6.61 Å². The zero-order chi connectivity index (χ0) is 17.5. The molecule has 24 heavy (non-hydrogen) atoms. The summed E-state index contributed by atoms with van der Waals surface area (Å²) in [5.41, 5.74) is 0. The predicted octanol–water partition coefficient (Wildman–Crippen LogP) is 4.20. The van der Waals surface area contributed by atoms with Crippen LogP contribution in [-0.4, -0.2) is 25.7 Å². The lowest BCUT2D eigenvalue weighted by molar-refractivity contribution is -0.137. The van der Waals surface area contributed by atoms with Gasteiger partial charge in [0.05, 0.1) is 6.61 Å². The maximum Gasteiger partial charge on any atom is 0.418 e. The monoisotopic (exact) mass is 335 g/mol. The van der Waals surface area contributed by atoms with Crippen molar-refractivity contribution in [3.63, 3.8) is 0 Å². The van der Waals surface area contributed by atoms with E-state index in [0.29, 0.717) is 12.4 Å². The lowest BCUT2D eigenvalue weighted by atomic mass is 10.1. The summed E-state index contributed by atoms with van der Waals surface area (Å²) in [5.74, 6) is 0.482. The Bertz CT molecular complexity index is 455. The summed E-state index contributed by atoms with van der Waals surface area (Å²) in [6, 6.07) is 6.79. The first-order chi connectivity index (χ1) is 11.8. The zero-order valence-electron chi connectivity index (χ0n) is 14.4. The Labute approximate surface area is 144 Å². The Kier molecular flexibility index (Phi) is 11.2. The molecule has 0 fully saturated rings. The molecule has 0 aromatic heterocycles. The van der Waals surface area contributed by atoms with Crippen molar-refractivity contribution in [1.82, 2.24) is 0 Å². The van der Waals surface area contributed by atoms with E-state index in [1.165, 1.54) is 51.4 Å². The van der Waals surface area contributed by atoms with Crippen LogP contribution in [0.1, 0.15) is 58.3 Å². The fourth-order valence-corrected chi connectivity index (χ4v) is 2.28. The number of rotatable bonds is 14. The molecule has 0 unspecified atom stereocenters. The van der Waals surface area contributed by atoms with E-state index in [0.717, 1.165) is 12.2 Å². The summed E-state index contributed by atoms with van der Waals surface area (Å²) in [7, 11) is 0. The van der Waals surface area contributed by atoms with Crippen LogP contribution in [0.15, 0.2) is 24.3 Å². The molecule has 0 saturated carbocycles. The Morgan fingerprint density at radius 3 is 2.12 bits per heavy atom. The van der Waals surface area contributed by atoms with E-state index in [1.54, 1.807) is 24.3 Å². The van der Waals surface area contributed by atoms with E-state index in [9.17, 15) is 9.59 Å². The topological polar surface area (TPSA) is 61.8 Å². The second-order valence-electron chi connectivity index (χ2n) is 5.64. The molecule has 1 radical (unpaired) electrons. The van der Waals surface area contributed by atoms with Gasteiger partial charge in [-0.1, -0.05) is 51.9 Å². The first-order valence-corrected chi connectivity index (χ1v) is 8.68. The van der Waals surface area contributed by atoms with Crippen molar-refractivity contribution >= 4 is 12.4 Å². The molecule has 0 bridgehead atoms. The summed E-state index contributed by atoms with van der Waals surface area (Å²) in [5, 5.41) is 0. The molecule has 0 atom stereocenters. The number of unbranched alkanes of at least 4 members (excludes halogenated alkanes) is 7. The lowest BCUT2D eigenvalue weighted by Crippen LogP contribution is -2.14. The number of carbonyl (C=O) groups excluding carboxylic acids is 2. The van der Waals surface area contributed by atoms with E-state index >= 15 is 0 Å². The van der Waals surface area contributed by atoms with Gasteiger partial charge in [-0.05, 0) is 30.7 Å². The first kappa shape index (κ1) is 20.0. The van der Waals surface area contributed by atoms with Gasteiger partial charge < -0.3 is 14.2 Å². The SMILES string of the molecule is CCCCCCCCCCOc1ccc(OC(=O)CO[C]=O)cc1. The summed E-state index contributed by atoms with van der Waals surface area (Å²) < 4.78 is 14.8. The Hall–Kier alpha value is -2.04. The van der Waals surface area contributed by atoms with E-state index in [4.69, 9.17) is 9.47 Å². The van der Waals surface area contributed by atoms with Crippen molar-refractivity contribution in [2.75, 3.05) is 13.2 Å². The van der Waals surface area contributed by atoms with Gasteiger partial charge in [-0.15, -0.1) is 0 Å². The van der Waals surface area contributed by atoms with Crippen molar-refractivity contribution in [3.8, 4) is 11.5 Å². The Morgan fingerprint density at radius 2 is 1.50 bits per heavy atom. The number of hydrogen-bond donors (Lipinski definition) is 0. The summed E-state index contributed by atoms with van der Waals surface area (Å²) in [6.07, 6.45) is 10.1. The van der Waals surface area contributed by atoms with Gasteiger partial charge in [-0.25, -0.2) is 9.59 Å². The second-order valence-corrected chi connectivity index (χ2v) is 5.64. The maximum absolute atomic E-state index is 11.3. The van der Waals surface area contributed by atoms with Gasteiger partial charge in [0.25, 0.3) is 0 Å². The van der Waals surface area contributed by atoms with Crippen LogP contribution in [0.5, 0.6) is 11.5 Å².